The van der Waals surface area contributed by atoms with Crippen molar-refractivity contribution in [2.45, 2.75) is 19.3 Å². The number of hydrogen-bond acceptors (Lipinski definition) is 2. The van der Waals surface area contributed by atoms with Crippen LogP contribution in [0.4, 0.5) is 0 Å². The van der Waals surface area contributed by atoms with Crippen LogP contribution in [0.1, 0.15) is 36.1 Å². The Bertz CT molecular complexity index is 2890. The molecule has 1 aliphatic carbocycles. The molecule has 0 saturated carbocycles. The molecule has 1 aliphatic rings. The predicted molar refractivity (Wildman–Crippen MR) is 229 cm³/mol. The maximum atomic E-state index is 9.54. The van der Waals surface area contributed by atoms with Gasteiger partial charge in [-0.15, -0.1) is 0 Å². The predicted octanol–water partition coefficient (Wildman–Crippen LogP) is 12.5. The molecule has 0 amide bonds. The summed E-state index contributed by atoms with van der Waals surface area (Å²) in [4.78, 5) is 8.17. The van der Waals surface area contributed by atoms with Gasteiger partial charge in [-0.3, -0.25) is 5.41 Å². The summed E-state index contributed by atoms with van der Waals surface area (Å²) in [6.07, 6.45) is 1.96. The monoisotopic (exact) mass is 718 g/mol. The summed E-state index contributed by atoms with van der Waals surface area (Å²) in [5.74, 6) is 0.189. The van der Waals surface area contributed by atoms with E-state index in [-0.39, 0.29) is 11.3 Å². The van der Waals surface area contributed by atoms with Gasteiger partial charge in [-0.05, 0) is 109 Å². The molecule has 4 nitrogen and oxygen atoms in total. The Labute approximate surface area is 327 Å². The fraction of sp³-hybridized carbons (Fsp3) is 0.0577. The SMILES string of the molecule is CC1(C)c2cc(C#N)ccc2-c2ccc(-c3cccc(-c4cccc(-c5ccc(C(=N)N=c6[nH]cc(-c7ccccc7)cc6-c6ccccc6)cc5)c4)c3)cc21. The van der Waals surface area contributed by atoms with Gasteiger partial charge in [0.2, 0.25) is 0 Å². The van der Waals surface area contributed by atoms with E-state index in [4.69, 9.17) is 10.4 Å². The number of hydrogen-bond donors (Lipinski definition) is 2. The van der Waals surface area contributed by atoms with Crippen molar-refractivity contribution in [2.24, 2.45) is 4.99 Å². The van der Waals surface area contributed by atoms with E-state index in [1.54, 1.807) is 0 Å². The lowest BCUT2D eigenvalue weighted by Gasteiger charge is -2.22. The molecular formula is C52H38N4. The number of fused-ring (bicyclic) bond motifs is 3. The molecular weight excluding hydrogens is 681 g/mol. The third-order valence-electron chi connectivity index (χ3n) is 11.0. The van der Waals surface area contributed by atoms with Crippen LogP contribution in [-0.4, -0.2) is 10.8 Å². The van der Waals surface area contributed by atoms with Crippen LogP contribution in [0.2, 0.25) is 0 Å². The molecule has 56 heavy (non-hydrogen) atoms. The van der Waals surface area contributed by atoms with Gasteiger partial charge in [-0.2, -0.15) is 5.26 Å². The number of aromatic amines is 1. The molecule has 0 bridgehead atoms. The second-order valence-corrected chi connectivity index (χ2v) is 14.8. The lowest BCUT2D eigenvalue weighted by Crippen LogP contribution is -2.15. The summed E-state index contributed by atoms with van der Waals surface area (Å²) in [5.41, 5.74) is 17.8. The van der Waals surface area contributed by atoms with E-state index in [0.29, 0.717) is 11.1 Å². The first-order valence-corrected chi connectivity index (χ1v) is 18.8. The Morgan fingerprint density at radius 3 is 1.62 bits per heavy atom. The quantitative estimate of drug-likeness (QED) is 0.130. The average Bonchev–Trinajstić information content (AvgIpc) is 3.49. The number of nitrogens with zero attached hydrogens (tertiary/aromatic N) is 2. The minimum absolute atomic E-state index is 0.189. The number of rotatable bonds is 6. The van der Waals surface area contributed by atoms with Crippen molar-refractivity contribution in [3.8, 4) is 72.8 Å². The molecule has 1 aromatic heterocycles. The number of H-pyrrole nitrogens is 1. The lowest BCUT2D eigenvalue weighted by molar-refractivity contribution is 0.660. The smallest absolute Gasteiger partial charge is 0.154 e. The van der Waals surface area contributed by atoms with Crippen molar-refractivity contribution in [3.05, 3.63) is 210 Å². The molecule has 0 fully saturated rings. The number of nitriles is 1. The number of aromatic nitrogens is 1. The van der Waals surface area contributed by atoms with Gasteiger partial charge in [0.1, 0.15) is 5.49 Å². The van der Waals surface area contributed by atoms with Crippen LogP contribution < -0.4 is 5.49 Å². The minimum Gasteiger partial charge on any atom is -0.345 e. The zero-order valence-corrected chi connectivity index (χ0v) is 31.2. The third kappa shape index (κ3) is 6.36. The Morgan fingerprint density at radius 1 is 0.500 bits per heavy atom. The first kappa shape index (κ1) is 34.4. The first-order valence-electron chi connectivity index (χ1n) is 18.8. The van der Waals surface area contributed by atoms with Crippen molar-refractivity contribution < 1.29 is 0 Å². The van der Waals surface area contributed by atoms with Crippen molar-refractivity contribution in [1.82, 2.24) is 4.98 Å². The second kappa shape index (κ2) is 14.1. The highest BCUT2D eigenvalue weighted by Gasteiger charge is 2.35. The Hall–Kier alpha value is -7.35. The summed E-state index contributed by atoms with van der Waals surface area (Å²) in [6, 6.07) is 63.2. The molecule has 8 aromatic rings. The molecule has 0 unspecified atom stereocenters. The molecule has 266 valence electrons. The molecule has 0 radical (unpaired) electrons. The third-order valence-corrected chi connectivity index (χ3v) is 11.0. The maximum absolute atomic E-state index is 9.54. The summed E-state index contributed by atoms with van der Waals surface area (Å²) in [5, 5.41) is 18.5. The molecule has 0 aliphatic heterocycles. The van der Waals surface area contributed by atoms with E-state index in [1.165, 1.54) is 27.8 Å². The van der Waals surface area contributed by atoms with Crippen LogP contribution in [0, 0.1) is 16.7 Å². The minimum atomic E-state index is -0.195. The molecule has 0 spiro atoms. The Balaban J connectivity index is 0.981. The van der Waals surface area contributed by atoms with Gasteiger partial charge in [0.15, 0.2) is 5.84 Å². The van der Waals surface area contributed by atoms with Crippen molar-refractivity contribution in [3.63, 3.8) is 0 Å². The van der Waals surface area contributed by atoms with E-state index in [9.17, 15) is 5.26 Å². The largest absolute Gasteiger partial charge is 0.345 e. The van der Waals surface area contributed by atoms with Gasteiger partial charge in [0.05, 0.1) is 11.6 Å². The van der Waals surface area contributed by atoms with Crippen LogP contribution in [0.15, 0.2) is 187 Å². The van der Waals surface area contributed by atoms with Gasteiger partial charge in [-0.1, -0.05) is 153 Å². The fourth-order valence-electron chi connectivity index (χ4n) is 7.96. The molecule has 0 saturated heterocycles. The number of benzene rings is 7. The Morgan fingerprint density at radius 2 is 1.00 bits per heavy atom. The van der Waals surface area contributed by atoms with E-state index < -0.39 is 0 Å². The van der Waals surface area contributed by atoms with Gasteiger partial charge in [-0.25, -0.2) is 4.99 Å². The van der Waals surface area contributed by atoms with Crippen LogP contribution >= 0.6 is 0 Å². The summed E-state index contributed by atoms with van der Waals surface area (Å²) in [7, 11) is 0. The lowest BCUT2D eigenvalue weighted by atomic mass is 9.81. The number of pyridine rings is 1. The fourth-order valence-corrected chi connectivity index (χ4v) is 7.96. The molecule has 7 aromatic carbocycles. The molecule has 2 N–H and O–H groups in total. The van der Waals surface area contributed by atoms with Crippen molar-refractivity contribution >= 4 is 5.84 Å². The van der Waals surface area contributed by atoms with Crippen LogP contribution in [-0.2, 0) is 5.41 Å². The van der Waals surface area contributed by atoms with Gasteiger partial charge in [0, 0.05) is 22.7 Å². The summed E-state index contributed by atoms with van der Waals surface area (Å²) in [6.45, 7) is 4.50. The van der Waals surface area contributed by atoms with E-state index in [0.717, 1.165) is 55.6 Å². The topological polar surface area (TPSA) is 75.8 Å². The maximum Gasteiger partial charge on any atom is 0.154 e. The van der Waals surface area contributed by atoms with E-state index in [1.807, 2.05) is 66.9 Å². The zero-order valence-electron chi connectivity index (χ0n) is 31.2. The van der Waals surface area contributed by atoms with E-state index >= 15 is 0 Å². The molecule has 4 heteroatoms. The normalized spacial score (nSPS) is 12.8. The van der Waals surface area contributed by atoms with Crippen molar-refractivity contribution in [2.75, 3.05) is 0 Å². The number of nitrogens with one attached hydrogen (secondary N) is 2. The highest BCUT2D eigenvalue weighted by atomic mass is 14.9. The number of amidine groups is 1. The second-order valence-electron chi connectivity index (χ2n) is 14.8. The zero-order chi connectivity index (χ0) is 38.2. The van der Waals surface area contributed by atoms with Gasteiger partial charge in [0.25, 0.3) is 0 Å². The summed E-state index contributed by atoms with van der Waals surface area (Å²) < 4.78 is 0. The molecule has 9 rings (SSSR count). The van der Waals surface area contributed by atoms with E-state index in [2.05, 4.69) is 140 Å². The first-order chi connectivity index (χ1) is 27.4. The molecule has 0 atom stereocenters. The van der Waals surface area contributed by atoms with Crippen LogP contribution in [0.5, 0.6) is 0 Å². The Kier molecular flexibility index (Phi) is 8.69. The highest BCUT2D eigenvalue weighted by molar-refractivity contribution is 5.98. The van der Waals surface area contributed by atoms with Crippen LogP contribution in [0.25, 0.3) is 66.8 Å². The van der Waals surface area contributed by atoms with Crippen molar-refractivity contribution in [1.29, 1.82) is 10.7 Å². The molecule has 1 heterocycles. The summed E-state index contributed by atoms with van der Waals surface area (Å²) >= 11 is 0. The van der Waals surface area contributed by atoms with Gasteiger partial charge >= 0.3 is 0 Å². The van der Waals surface area contributed by atoms with Gasteiger partial charge < -0.3 is 4.98 Å². The van der Waals surface area contributed by atoms with Crippen LogP contribution in [0.3, 0.4) is 0 Å². The highest BCUT2D eigenvalue weighted by Crippen LogP contribution is 2.50. The average molecular weight is 719 g/mol. The standard InChI is InChI=1S/C52H38N4/c1-52(2)48-27-34(32-53)19-25-45(48)46-26-24-43(31-49(46)52)42-18-10-17-41(29-42)40-16-9-15-39(28-40)36-20-22-38(23-21-36)50(54)56-51-47(37-13-7-4-8-14-37)30-44(33-55-51)35-11-5-3-6-12-35/h3-31,33H,1-2H3,(H2,54,55,56).